The maximum atomic E-state index is 11.1. The van der Waals surface area contributed by atoms with Crippen molar-refractivity contribution in [3.05, 3.63) is 42.4 Å². The number of rotatable bonds is 2. The van der Waals surface area contributed by atoms with Gasteiger partial charge in [0.05, 0.1) is 22.3 Å². The van der Waals surface area contributed by atoms with Crippen molar-refractivity contribution in [2.24, 2.45) is 0 Å². The van der Waals surface area contributed by atoms with Crippen LogP contribution in [0.1, 0.15) is 11.1 Å². The maximum Gasteiger partial charge on any atom is 0.236 e. The Kier molecular flexibility index (Phi) is 2.76. The van der Waals surface area contributed by atoms with Crippen molar-refractivity contribution in [2.45, 2.75) is 0 Å². The van der Waals surface area contributed by atoms with Crippen molar-refractivity contribution >= 4 is 22.9 Å². The highest BCUT2D eigenvalue weighted by molar-refractivity contribution is 6.07. The first kappa shape index (κ1) is 11.0. The molecule has 0 radical (unpaired) electrons. The van der Waals surface area contributed by atoms with Crippen molar-refractivity contribution < 1.29 is 0 Å². The van der Waals surface area contributed by atoms with Gasteiger partial charge in [-0.1, -0.05) is 0 Å². The first-order valence-corrected chi connectivity index (χ1v) is 3.80. The average molecular weight is 208 g/mol. The fourth-order valence-corrected chi connectivity index (χ4v) is 1.14. The normalized spacial score (nSPS) is 8.38. The Labute approximate surface area is 88.7 Å². The molecule has 0 aliphatic heterocycles. The number of hydrogen-bond acceptors (Lipinski definition) is 4. The lowest BCUT2D eigenvalue weighted by Crippen LogP contribution is -2.39. The van der Waals surface area contributed by atoms with Gasteiger partial charge in [-0.2, -0.15) is 10.5 Å². The third kappa shape index (κ3) is 1.30. The van der Waals surface area contributed by atoms with Crippen LogP contribution in [0.4, 0.5) is 0 Å². The zero-order valence-corrected chi connectivity index (χ0v) is 7.61. The van der Waals surface area contributed by atoms with Gasteiger partial charge in [0.15, 0.2) is 0 Å². The molecular weight excluding hydrogens is 208 g/mol. The van der Waals surface area contributed by atoms with Gasteiger partial charge < -0.3 is 10.8 Å². The summed E-state index contributed by atoms with van der Waals surface area (Å²) in [5.74, 6) is 2.86. The van der Waals surface area contributed by atoms with Gasteiger partial charge in [-0.25, -0.2) is 11.7 Å². The standard InChI is InChI=1S/C10N4O2/c11-1-5(2-12)7-8(6(3-13)4-14)10(16)9(7)15/q-2. The van der Waals surface area contributed by atoms with Crippen LogP contribution in [0.3, 0.4) is 0 Å². The highest BCUT2D eigenvalue weighted by Gasteiger charge is 2.25. The SMILES string of the molecule is N#CC(=C=[N-])c1c(C(=C=[N-])C#N)c(=O)c1=O. The minimum Gasteiger partial charge on any atom is -0.762 e. The van der Waals surface area contributed by atoms with E-state index in [1.54, 1.807) is 0 Å². The molecule has 0 atom stereocenters. The third-order valence-electron chi connectivity index (χ3n) is 1.86. The van der Waals surface area contributed by atoms with Crippen LogP contribution in [0.2, 0.25) is 0 Å². The summed E-state index contributed by atoms with van der Waals surface area (Å²) >= 11 is 0. The fourth-order valence-electron chi connectivity index (χ4n) is 1.14. The first-order valence-electron chi connectivity index (χ1n) is 3.80. The average Bonchev–Trinajstić information content (AvgIpc) is 2.33. The van der Waals surface area contributed by atoms with Crippen molar-refractivity contribution in [3.8, 4) is 12.1 Å². The summed E-state index contributed by atoms with van der Waals surface area (Å²) in [5, 5.41) is 34.1. The monoisotopic (exact) mass is 208 g/mol. The topological polar surface area (TPSA) is 126 Å². The van der Waals surface area contributed by atoms with E-state index in [-0.39, 0.29) is 0 Å². The van der Waals surface area contributed by atoms with Crippen molar-refractivity contribution in [1.82, 2.24) is 0 Å². The van der Waals surface area contributed by atoms with E-state index in [1.165, 1.54) is 23.9 Å². The molecule has 0 N–H and O–H groups in total. The Morgan fingerprint density at radius 2 is 1.19 bits per heavy atom. The molecule has 0 unspecified atom stereocenters. The molecule has 0 saturated heterocycles. The van der Waals surface area contributed by atoms with E-state index in [1.807, 2.05) is 0 Å². The maximum absolute atomic E-state index is 11.1. The van der Waals surface area contributed by atoms with E-state index in [0.29, 0.717) is 0 Å². The fraction of sp³-hybridized carbons (Fsp3) is 0. The molecular formula is C10N4O2-2. The predicted octanol–water partition coefficient (Wildman–Crippen LogP) is -0.425. The summed E-state index contributed by atoms with van der Waals surface area (Å²) < 4.78 is 0. The van der Waals surface area contributed by atoms with Gasteiger partial charge in [-0.15, -0.1) is 0 Å². The minimum absolute atomic E-state index is 0.437. The molecule has 0 aromatic heterocycles. The van der Waals surface area contributed by atoms with E-state index in [9.17, 15) is 9.59 Å². The number of hydrogen-bond donors (Lipinski definition) is 0. The molecule has 0 heterocycles. The molecule has 6 heteroatoms. The van der Waals surface area contributed by atoms with Gasteiger partial charge >= 0.3 is 0 Å². The van der Waals surface area contributed by atoms with Gasteiger partial charge in [-0.3, -0.25) is 9.59 Å². The Hall–Kier alpha value is -3.04. The summed E-state index contributed by atoms with van der Waals surface area (Å²) in [5.41, 5.74) is -4.04. The van der Waals surface area contributed by atoms with Crippen molar-refractivity contribution in [2.75, 3.05) is 0 Å². The molecule has 0 amide bonds. The van der Waals surface area contributed by atoms with Crippen LogP contribution >= 0.6 is 0 Å². The predicted molar refractivity (Wildman–Crippen MR) is 56.1 cm³/mol. The molecule has 0 fully saturated rings. The van der Waals surface area contributed by atoms with Crippen LogP contribution in [-0.4, -0.2) is 11.7 Å². The largest absolute Gasteiger partial charge is 0.762 e. The second-order valence-corrected chi connectivity index (χ2v) is 2.61. The summed E-state index contributed by atoms with van der Waals surface area (Å²) in [6, 6.07) is 2.86. The zero-order chi connectivity index (χ0) is 12.3. The van der Waals surface area contributed by atoms with Crippen molar-refractivity contribution in [1.29, 1.82) is 10.5 Å². The van der Waals surface area contributed by atoms with Gasteiger partial charge in [0.1, 0.15) is 12.1 Å². The second-order valence-electron chi connectivity index (χ2n) is 2.61. The Bertz CT molecular complexity index is 659. The molecule has 0 aliphatic carbocycles. The molecule has 74 valence electrons. The quantitative estimate of drug-likeness (QED) is 0.371. The van der Waals surface area contributed by atoms with Gasteiger partial charge in [-0.05, 0) is 0 Å². The summed E-state index contributed by atoms with van der Waals surface area (Å²) in [4.78, 5) is 22.2. The molecule has 1 rings (SSSR count). The lowest BCUT2D eigenvalue weighted by Gasteiger charge is -2.07. The van der Waals surface area contributed by atoms with E-state index in [4.69, 9.17) is 21.3 Å². The highest BCUT2D eigenvalue weighted by Crippen LogP contribution is 2.17. The van der Waals surface area contributed by atoms with Crippen LogP contribution < -0.4 is 10.9 Å². The molecule has 1 aromatic carbocycles. The van der Waals surface area contributed by atoms with Gasteiger partial charge in [0.25, 0.3) is 0 Å². The summed E-state index contributed by atoms with van der Waals surface area (Å²) in [6.07, 6.45) is 0. The van der Waals surface area contributed by atoms with E-state index in [2.05, 4.69) is 0 Å². The summed E-state index contributed by atoms with van der Waals surface area (Å²) in [7, 11) is 0. The molecule has 1 aromatic rings. The molecule has 16 heavy (non-hydrogen) atoms. The lowest BCUT2D eigenvalue weighted by atomic mass is 9.91. The van der Waals surface area contributed by atoms with E-state index in [0.717, 1.165) is 0 Å². The van der Waals surface area contributed by atoms with Crippen LogP contribution in [0.5, 0.6) is 0 Å². The smallest absolute Gasteiger partial charge is 0.236 e. The minimum atomic E-state index is -1.02. The number of nitriles is 2. The molecule has 0 aliphatic rings. The third-order valence-corrected chi connectivity index (χ3v) is 1.86. The second kappa shape index (κ2) is 4.00. The lowest BCUT2D eigenvalue weighted by molar-refractivity contribution is 1.32. The Morgan fingerprint density at radius 3 is 1.38 bits per heavy atom. The Morgan fingerprint density at radius 1 is 0.875 bits per heavy atom. The molecule has 0 saturated carbocycles. The van der Waals surface area contributed by atoms with E-state index >= 15 is 0 Å². The van der Waals surface area contributed by atoms with Gasteiger partial charge in [0, 0.05) is 0 Å². The Balaban J connectivity index is 3.68. The van der Waals surface area contributed by atoms with Gasteiger partial charge in [0.2, 0.25) is 10.9 Å². The van der Waals surface area contributed by atoms with Crippen LogP contribution in [0.25, 0.3) is 22.0 Å². The van der Waals surface area contributed by atoms with E-state index < -0.39 is 33.1 Å². The highest BCUT2D eigenvalue weighted by atomic mass is 16.2. The molecule has 0 spiro atoms. The van der Waals surface area contributed by atoms with Crippen LogP contribution in [-0.2, 0) is 0 Å². The molecule has 6 nitrogen and oxygen atoms in total. The van der Waals surface area contributed by atoms with Crippen LogP contribution in [0, 0.1) is 22.7 Å². The van der Waals surface area contributed by atoms with Crippen molar-refractivity contribution in [3.63, 3.8) is 0 Å². The number of nitrogens with zero attached hydrogens (tertiary/aromatic N) is 4. The number of allylic oxidation sites excluding steroid dienone is 2. The first-order chi connectivity index (χ1) is 7.62. The molecule has 0 bridgehead atoms. The van der Waals surface area contributed by atoms with Crippen LogP contribution in [0.15, 0.2) is 9.59 Å². The summed E-state index contributed by atoms with van der Waals surface area (Å²) in [6.45, 7) is 0. The zero-order valence-electron chi connectivity index (χ0n) is 7.61.